The second-order valence-electron chi connectivity index (χ2n) is 7.24. The highest BCUT2D eigenvalue weighted by Crippen LogP contribution is 2.38. The zero-order chi connectivity index (χ0) is 16.7. The van der Waals surface area contributed by atoms with Crippen molar-refractivity contribution >= 4 is 41.8 Å². The second-order valence-corrected chi connectivity index (χ2v) is 8.51. The molecule has 23 heavy (non-hydrogen) atoms. The lowest BCUT2D eigenvalue weighted by molar-refractivity contribution is -0.846. The van der Waals surface area contributed by atoms with E-state index in [1.807, 2.05) is 5.38 Å². The lowest BCUT2D eigenvalue weighted by Gasteiger charge is -2.64. The van der Waals surface area contributed by atoms with E-state index in [9.17, 15) is 5.11 Å². The number of quaternary nitrogens is 1. The summed E-state index contributed by atoms with van der Waals surface area (Å²) >= 11 is 6.88. The third kappa shape index (κ3) is 3.70. The third-order valence-corrected chi connectivity index (χ3v) is 6.11. The molecule has 5 nitrogen and oxygen atoms in total. The van der Waals surface area contributed by atoms with Gasteiger partial charge in [-0.05, 0) is 31.0 Å². The lowest BCUT2D eigenvalue weighted by Crippen LogP contribution is -2.70. The predicted octanol–water partition coefficient (Wildman–Crippen LogP) is 1.61. The monoisotopic (exact) mass is 351 g/mol. The Bertz CT molecular complexity index is 586. The molecule has 1 aromatic heterocycles. The molecule has 0 aliphatic carbocycles. The van der Waals surface area contributed by atoms with Gasteiger partial charge in [0.15, 0.2) is 10.2 Å². The van der Waals surface area contributed by atoms with Crippen LogP contribution in [0.1, 0.15) is 38.3 Å². The number of rotatable bonds is 4. The van der Waals surface area contributed by atoms with Gasteiger partial charge in [-0.15, -0.1) is 11.3 Å². The molecule has 0 spiro atoms. The Morgan fingerprint density at radius 1 is 1.57 bits per heavy atom. The maximum Gasteiger partial charge on any atom is 0.189 e. The lowest BCUT2D eigenvalue weighted by atomic mass is 9.72. The molecule has 125 valence electrons. The number of nitrogens with zero attached hydrogens (tertiary/aromatic N) is 2. The van der Waals surface area contributed by atoms with Gasteiger partial charge in [0.05, 0.1) is 18.8 Å². The molecule has 3 N–H and O–H groups in total. The Morgan fingerprint density at radius 3 is 2.83 bits per heavy atom. The van der Waals surface area contributed by atoms with Crippen LogP contribution in [0.25, 0.3) is 0 Å². The summed E-state index contributed by atoms with van der Waals surface area (Å²) in [6, 6.07) is 0. The SMILES string of the molecule is [B-][N+]12CCC(CC1)C(O)(CNC(=S)Nc1nc(C(C)C)cs1)C2. The molecule has 3 saturated heterocycles. The molecule has 3 fully saturated rings. The molecular formula is C15H24BN4OS2. The van der Waals surface area contributed by atoms with E-state index in [0.29, 0.717) is 34.4 Å². The molecule has 2 bridgehead atoms. The number of hydrogen-bond donors (Lipinski definition) is 3. The smallest absolute Gasteiger partial charge is 0.189 e. The van der Waals surface area contributed by atoms with E-state index >= 15 is 0 Å². The highest BCUT2D eigenvalue weighted by atomic mass is 32.1. The molecule has 3 aliphatic heterocycles. The number of anilines is 1. The topological polar surface area (TPSA) is 57.2 Å². The highest BCUT2D eigenvalue weighted by Gasteiger charge is 2.48. The summed E-state index contributed by atoms with van der Waals surface area (Å²) < 4.78 is 0.485. The minimum Gasteiger partial charge on any atom is -0.586 e. The standard InChI is InChI=1S/C15H23BN4OS2/c1-10(2)12-7-23-14(18-12)19-13(22)17-8-15(21)9-20(16)5-3-11(15)4-6-20/h7,10-11,21H,3-6,8-9H2,1-2H3,(H-,17,18,19,22)/q-1/p+1. The Labute approximate surface area is 148 Å². The van der Waals surface area contributed by atoms with Gasteiger partial charge in [-0.1, -0.05) is 13.8 Å². The first-order valence-electron chi connectivity index (χ1n) is 8.17. The number of piperidine rings is 3. The van der Waals surface area contributed by atoms with E-state index in [1.165, 1.54) is 0 Å². The first-order chi connectivity index (χ1) is 10.8. The molecular weight excluding hydrogens is 327 g/mol. The second kappa shape index (κ2) is 6.31. The fraction of sp³-hybridized carbons (Fsp3) is 0.733. The Balaban J connectivity index is 1.54. The van der Waals surface area contributed by atoms with E-state index in [4.69, 9.17) is 20.2 Å². The largest absolute Gasteiger partial charge is 0.586 e. The molecule has 0 saturated carbocycles. The van der Waals surface area contributed by atoms with Gasteiger partial charge < -0.3 is 20.1 Å². The number of aliphatic hydroxyl groups is 1. The van der Waals surface area contributed by atoms with Crippen molar-refractivity contribution in [2.45, 2.75) is 38.2 Å². The first kappa shape index (κ1) is 17.1. The van der Waals surface area contributed by atoms with Crippen LogP contribution in [0.3, 0.4) is 0 Å². The summed E-state index contributed by atoms with van der Waals surface area (Å²) in [6.45, 7) is 7.19. The van der Waals surface area contributed by atoms with Gasteiger partial charge in [0.25, 0.3) is 0 Å². The maximum absolute atomic E-state index is 11.0. The van der Waals surface area contributed by atoms with E-state index in [0.717, 1.165) is 36.8 Å². The van der Waals surface area contributed by atoms with Crippen molar-refractivity contribution in [3.8, 4) is 0 Å². The number of hydrogen-bond acceptors (Lipinski definition) is 4. The molecule has 0 aromatic carbocycles. The Hall–Kier alpha value is -0.695. The molecule has 8 heteroatoms. The fourth-order valence-corrected chi connectivity index (χ4v) is 4.75. The van der Waals surface area contributed by atoms with Crippen LogP contribution < -0.4 is 10.6 Å². The van der Waals surface area contributed by atoms with Gasteiger partial charge in [0.2, 0.25) is 0 Å². The number of thiazole rings is 1. The third-order valence-electron chi connectivity index (χ3n) is 5.08. The first-order valence-corrected chi connectivity index (χ1v) is 9.46. The van der Waals surface area contributed by atoms with Crippen molar-refractivity contribution in [3.63, 3.8) is 0 Å². The van der Waals surface area contributed by atoms with E-state index < -0.39 is 5.60 Å². The minimum atomic E-state index is -0.775. The molecule has 0 amide bonds. The van der Waals surface area contributed by atoms with Crippen molar-refractivity contribution in [1.82, 2.24) is 10.3 Å². The zero-order valence-corrected chi connectivity index (χ0v) is 15.3. The normalized spacial score (nSPS) is 33.0. The van der Waals surface area contributed by atoms with E-state index in [-0.39, 0.29) is 0 Å². The van der Waals surface area contributed by atoms with Crippen LogP contribution in [0, 0.1) is 5.92 Å². The minimum absolute atomic E-state index is 0.314. The van der Waals surface area contributed by atoms with Crippen molar-refractivity contribution in [2.75, 3.05) is 31.5 Å². The molecule has 1 aromatic rings. The van der Waals surface area contributed by atoms with Crippen LogP contribution in [0.4, 0.5) is 5.13 Å². The van der Waals surface area contributed by atoms with Crippen molar-refractivity contribution in [3.05, 3.63) is 11.1 Å². The van der Waals surface area contributed by atoms with Crippen LogP contribution in [0.2, 0.25) is 0 Å². The Kier molecular flexibility index (Phi) is 4.70. The summed E-state index contributed by atoms with van der Waals surface area (Å²) in [6.07, 6.45) is 1.97. The van der Waals surface area contributed by atoms with Crippen LogP contribution in [-0.4, -0.2) is 59.4 Å². The van der Waals surface area contributed by atoms with Crippen molar-refractivity contribution < 1.29 is 9.50 Å². The van der Waals surface area contributed by atoms with Crippen molar-refractivity contribution in [2.24, 2.45) is 5.92 Å². The molecule has 3 aliphatic rings. The van der Waals surface area contributed by atoms with Gasteiger partial charge in [-0.3, -0.25) is 0 Å². The van der Waals surface area contributed by atoms with Gasteiger partial charge in [0, 0.05) is 24.4 Å². The molecule has 1 unspecified atom stereocenters. The molecule has 4 rings (SSSR count). The van der Waals surface area contributed by atoms with E-state index in [2.05, 4.69) is 29.5 Å². The fourth-order valence-electron chi connectivity index (χ4n) is 3.64. The average molecular weight is 351 g/mol. The summed E-state index contributed by atoms with van der Waals surface area (Å²) in [5.41, 5.74) is 0.286. The summed E-state index contributed by atoms with van der Waals surface area (Å²) in [4.78, 5) is 4.51. The number of fused-ring (bicyclic) bond motifs is 3. The predicted molar refractivity (Wildman–Crippen MR) is 98.7 cm³/mol. The zero-order valence-electron chi connectivity index (χ0n) is 13.7. The number of thiocarbonyl (C=S) groups is 1. The Morgan fingerprint density at radius 2 is 2.26 bits per heavy atom. The van der Waals surface area contributed by atoms with Crippen LogP contribution in [0.15, 0.2) is 5.38 Å². The van der Waals surface area contributed by atoms with Gasteiger partial charge in [-0.2, -0.15) is 0 Å². The number of aromatic nitrogens is 1. The van der Waals surface area contributed by atoms with Gasteiger partial charge in [-0.25, -0.2) is 13.0 Å². The maximum atomic E-state index is 11.0. The highest BCUT2D eigenvalue weighted by molar-refractivity contribution is 7.80. The molecule has 1 atom stereocenters. The van der Waals surface area contributed by atoms with Crippen LogP contribution in [-0.2, 0) is 0 Å². The number of nitrogens with one attached hydrogen (secondary N) is 2. The summed E-state index contributed by atoms with van der Waals surface area (Å²) in [7, 11) is 6.33. The van der Waals surface area contributed by atoms with Crippen molar-refractivity contribution in [1.29, 1.82) is 0 Å². The average Bonchev–Trinajstić information content (AvgIpc) is 2.94. The summed E-state index contributed by atoms with van der Waals surface area (Å²) in [5.74, 6) is 0.717. The van der Waals surface area contributed by atoms with E-state index in [1.54, 1.807) is 11.3 Å². The van der Waals surface area contributed by atoms with Crippen LogP contribution >= 0.6 is 23.6 Å². The van der Waals surface area contributed by atoms with Gasteiger partial charge >= 0.3 is 0 Å². The van der Waals surface area contributed by atoms with Crippen LogP contribution in [0.5, 0.6) is 0 Å². The summed E-state index contributed by atoms with van der Waals surface area (Å²) in [5, 5.41) is 20.6. The molecule has 4 heterocycles. The molecule has 3 radical (unpaired) electrons. The quantitative estimate of drug-likeness (QED) is 0.568. The van der Waals surface area contributed by atoms with Gasteiger partial charge in [0.1, 0.15) is 5.60 Å².